The van der Waals surface area contributed by atoms with Crippen LogP contribution in [0.3, 0.4) is 0 Å². The highest BCUT2D eigenvalue weighted by Gasteiger charge is 2.17. The van der Waals surface area contributed by atoms with Gasteiger partial charge < -0.3 is 10.2 Å². The maximum Gasteiger partial charge on any atom is 0.223 e. The molecule has 0 radical (unpaired) electrons. The zero-order valence-electron chi connectivity index (χ0n) is 11.2. The highest BCUT2D eigenvalue weighted by molar-refractivity contribution is 5.76. The maximum atomic E-state index is 12.7. The van der Waals surface area contributed by atoms with Gasteiger partial charge in [0.1, 0.15) is 5.82 Å². The van der Waals surface area contributed by atoms with E-state index in [1.807, 2.05) is 11.8 Å². The van der Waals surface area contributed by atoms with Crippen molar-refractivity contribution in [3.8, 4) is 0 Å². The van der Waals surface area contributed by atoms with E-state index in [4.69, 9.17) is 0 Å². The van der Waals surface area contributed by atoms with Crippen molar-refractivity contribution in [2.24, 2.45) is 0 Å². The SMILES string of the molecule is CC(NCCC(=O)N1CCCC1)c1ccc(F)cn1. The number of halogens is 1. The van der Waals surface area contributed by atoms with Gasteiger partial charge in [0.2, 0.25) is 5.91 Å². The van der Waals surface area contributed by atoms with Crippen LogP contribution in [0.1, 0.15) is 37.9 Å². The second-order valence-electron chi connectivity index (χ2n) is 4.91. The lowest BCUT2D eigenvalue weighted by Crippen LogP contribution is -2.31. The molecular weight excluding hydrogens is 245 g/mol. The predicted molar refractivity (Wildman–Crippen MR) is 71.0 cm³/mol. The molecule has 104 valence electrons. The molecule has 5 heteroatoms. The van der Waals surface area contributed by atoms with E-state index in [0.29, 0.717) is 13.0 Å². The third kappa shape index (κ3) is 3.99. The summed E-state index contributed by atoms with van der Waals surface area (Å²) in [6.07, 6.45) is 3.96. The van der Waals surface area contributed by atoms with E-state index < -0.39 is 0 Å². The van der Waals surface area contributed by atoms with Crippen molar-refractivity contribution in [3.05, 3.63) is 29.8 Å². The third-order valence-corrected chi connectivity index (χ3v) is 3.44. The summed E-state index contributed by atoms with van der Waals surface area (Å²) in [5, 5.41) is 3.24. The van der Waals surface area contributed by atoms with E-state index in [9.17, 15) is 9.18 Å². The molecule has 19 heavy (non-hydrogen) atoms. The summed E-state index contributed by atoms with van der Waals surface area (Å²) in [5.41, 5.74) is 0.787. The van der Waals surface area contributed by atoms with Crippen LogP contribution in [0.25, 0.3) is 0 Å². The molecule has 0 spiro atoms. The Morgan fingerprint density at radius 3 is 2.84 bits per heavy atom. The van der Waals surface area contributed by atoms with E-state index in [2.05, 4.69) is 10.3 Å². The Morgan fingerprint density at radius 1 is 1.47 bits per heavy atom. The first-order valence-corrected chi connectivity index (χ1v) is 6.79. The first-order valence-electron chi connectivity index (χ1n) is 6.79. The Morgan fingerprint density at radius 2 is 2.21 bits per heavy atom. The van der Waals surface area contributed by atoms with E-state index in [1.165, 1.54) is 12.3 Å². The number of aromatic nitrogens is 1. The molecule has 1 N–H and O–H groups in total. The summed E-state index contributed by atoms with van der Waals surface area (Å²) in [6.45, 7) is 4.37. The molecule has 1 aliphatic rings. The molecule has 1 aliphatic heterocycles. The van der Waals surface area contributed by atoms with E-state index in [1.54, 1.807) is 6.07 Å². The Balaban J connectivity index is 1.72. The normalized spacial score (nSPS) is 16.6. The average Bonchev–Trinajstić information content (AvgIpc) is 2.93. The van der Waals surface area contributed by atoms with Crippen LogP contribution in [0.2, 0.25) is 0 Å². The van der Waals surface area contributed by atoms with Gasteiger partial charge in [0.05, 0.1) is 11.9 Å². The largest absolute Gasteiger partial charge is 0.343 e. The standard InChI is InChI=1S/C14H20FN3O/c1-11(13-5-4-12(15)10-17-13)16-7-6-14(19)18-8-2-3-9-18/h4-5,10-11,16H,2-3,6-9H2,1H3. The number of nitrogens with one attached hydrogen (secondary N) is 1. The summed E-state index contributed by atoms with van der Waals surface area (Å²) >= 11 is 0. The summed E-state index contributed by atoms with van der Waals surface area (Å²) in [4.78, 5) is 17.8. The Labute approximate surface area is 113 Å². The molecule has 1 amide bonds. The topological polar surface area (TPSA) is 45.2 Å². The molecule has 0 aromatic carbocycles. The smallest absolute Gasteiger partial charge is 0.223 e. The van der Waals surface area contributed by atoms with Crippen molar-refractivity contribution < 1.29 is 9.18 Å². The van der Waals surface area contributed by atoms with Crippen LogP contribution in [-0.4, -0.2) is 35.4 Å². The third-order valence-electron chi connectivity index (χ3n) is 3.44. The van der Waals surface area contributed by atoms with Gasteiger partial charge in [-0.2, -0.15) is 0 Å². The molecule has 1 fully saturated rings. The highest BCUT2D eigenvalue weighted by atomic mass is 19.1. The summed E-state index contributed by atoms with van der Waals surface area (Å²) in [5.74, 6) is -0.121. The van der Waals surface area contributed by atoms with Gasteiger partial charge in [-0.05, 0) is 31.9 Å². The number of likely N-dealkylation sites (tertiary alicyclic amines) is 1. The summed E-state index contributed by atoms with van der Waals surface area (Å²) in [6, 6.07) is 3.08. The van der Waals surface area contributed by atoms with Gasteiger partial charge in [-0.3, -0.25) is 9.78 Å². The predicted octanol–water partition coefficient (Wildman–Crippen LogP) is 1.88. The van der Waals surface area contributed by atoms with Crippen LogP contribution in [-0.2, 0) is 4.79 Å². The molecule has 1 aromatic heterocycles. The van der Waals surface area contributed by atoms with E-state index in [0.717, 1.165) is 31.6 Å². The quantitative estimate of drug-likeness (QED) is 0.884. The summed E-state index contributed by atoms with van der Waals surface area (Å²) < 4.78 is 12.7. The molecule has 2 rings (SSSR count). The number of pyridine rings is 1. The molecule has 0 saturated carbocycles. The molecular formula is C14H20FN3O. The number of nitrogens with zero attached hydrogens (tertiary/aromatic N) is 2. The van der Waals surface area contributed by atoms with Crippen molar-refractivity contribution in [1.29, 1.82) is 0 Å². The van der Waals surface area contributed by atoms with Crippen molar-refractivity contribution in [2.75, 3.05) is 19.6 Å². The van der Waals surface area contributed by atoms with E-state index >= 15 is 0 Å². The van der Waals surface area contributed by atoms with Gasteiger partial charge >= 0.3 is 0 Å². The molecule has 4 nitrogen and oxygen atoms in total. The Hall–Kier alpha value is -1.49. The lowest BCUT2D eigenvalue weighted by molar-refractivity contribution is -0.130. The monoisotopic (exact) mass is 265 g/mol. The van der Waals surface area contributed by atoms with Gasteiger partial charge in [-0.25, -0.2) is 4.39 Å². The lowest BCUT2D eigenvalue weighted by atomic mass is 10.2. The molecule has 1 saturated heterocycles. The first kappa shape index (κ1) is 13.9. The fraction of sp³-hybridized carbons (Fsp3) is 0.571. The van der Waals surface area contributed by atoms with Crippen LogP contribution in [0.15, 0.2) is 18.3 Å². The molecule has 1 aromatic rings. The number of carbonyl (C=O) groups is 1. The molecule has 0 bridgehead atoms. The second-order valence-corrected chi connectivity index (χ2v) is 4.91. The van der Waals surface area contributed by atoms with Crippen molar-refractivity contribution in [1.82, 2.24) is 15.2 Å². The van der Waals surface area contributed by atoms with Gasteiger partial charge in [0.15, 0.2) is 0 Å². The zero-order valence-corrected chi connectivity index (χ0v) is 11.2. The minimum absolute atomic E-state index is 0.0204. The van der Waals surface area contributed by atoms with Gasteiger partial charge in [-0.1, -0.05) is 0 Å². The van der Waals surface area contributed by atoms with Crippen LogP contribution < -0.4 is 5.32 Å². The van der Waals surface area contributed by atoms with Crippen molar-refractivity contribution in [2.45, 2.75) is 32.2 Å². The van der Waals surface area contributed by atoms with Gasteiger partial charge in [0.25, 0.3) is 0 Å². The number of hydrogen-bond donors (Lipinski definition) is 1. The van der Waals surface area contributed by atoms with Crippen LogP contribution >= 0.6 is 0 Å². The minimum Gasteiger partial charge on any atom is -0.343 e. The van der Waals surface area contributed by atoms with Crippen LogP contribution in [0, 0.1) is 5.82 Å². The number of carbonyl (C=O) groups excluding carboxylic acids is 1. The Bertz CT molecular complexity index is 415. The first-order chi connectivity index (χ1) is 9.16. The fourth-order valence-electron chi connectivity index (χ4n) is 2.27. The van der Waals surface area contributed by atoms with Crippen molar-refractivity contribution >= 4 is 5.91 Å². The second kappa shape index (κ2) is 6.61. The van der Waals surface area contributed by atoms with Crippen molar-refractivity contribution in [3.63, 3.8) is 0 Å². The fourth-order valence-corrected chi connectivity index (χ4v) is 2.27. The van der Waals surface area contributed by atoms with Crippen LogP contribution in [0.4, 0.5) is 4.39 Å². The lowest BCUT2D eigenvalue weighted by Gasteiger charge is -2.17. The number of hydrogen-bond acceptors (Lipinski definition) is 3. The average molecular weight is 265 g/mol. The molecule has 2 heterocycles. The van der Waals surface area contributed by atoms with Gasteiger partial charge in [0, 0.05) is 32.1 Å². The zero-order chi connectivity index (χ0) is 13.7. The number of amides is 1. The minimum atomic E-state index is -0.333. The Kier molecular flexibility index (Phi) is 4.85. The molecule has 1 atom stereocenters. The summed E-state index contributed by atoms with van der Waals surface area (Å²) in [7, 11) is 0. The maximum absolute atomic E-state index is 12.7. The van der Waals surface area contributed by atoms with Gasteiger partial charge in [-0.15, -0.1) is 0 Å². The highest BCUT2D eigenvalue weighted by Crippen LogP contribution is 2.11. The van der Waals surface area contributed by atoms with Crippen LogP contribution in [0.5, 0.6) is 0 Å². The van der Waals surface area contributed by atoms with E-state index in [-0.39, 0.29) is 17.8 Å². The molecule has 1 unspecified atom stereocenters. The molecule has 0 aliphatic carbocycles. The number of rotatable bonds is 5.